The first-order valence-electron chi connectivity index (χ1n) is 10.3. The van der Waals surface area contributed by atoms with Crippen molar-refractivity contribution >= 4 is 38.1 Å². The predicted octanol–water partition coefficient (Wildman–Crippen LogP) is 4.27. The monoisotopic (exact) mass is 495 g/mol. The average molecular weight is 496 g/mol. The van der Waals surface area contributed by atoms with Gasteiger partial charge in [0.1, 0.15) is 0 Å². The molecule has 2 aromatic carbocycles. The number of carbonyl (C=O) groups excluding carboxylic acids is 2. The fourth-order valence-electron chi connectivity index (χ4n) is 3.20. The van der Waals surface area contributed by atoms with E-state index in [1.807, 2.05) is 24.3 Å². The lowest BCUT2D eigenvalue weighted by molar-refractivity contribution is -0.119. The summed E-state index contributed by atoms with van der Waals surface area (Å²) in [5, 5.41) is 7.58. The van der Waals surface area contributed by atoms with E-state index in [9.17, 15) is 18.0 Å². The molecular weight excluding hydrogens is 474 g/mol. The lowest BCUT2D eigenvalue weighted by Crippen LogP contribution is -2.18. The number of benzene rings is 2. The van der Waals surface area contributed by atoms with Gasteiger partial charge in [-0.1, -0.05) is 42.5 Å². The molecule has 0 atom stereocenters. The summed E-state index contributed by atoms with van der Waals surface area (Å²) in [4.78, 5) is 28.4. The summed E-state index contributed by atoms with van der Waals surface area (Å²) in [6, 6.07) is 17.1. The summed E-state index contributed by atoms with van der Waals surface area (Å²) in [6.07, 6.45) is 1.29. The predicted molar refractivity (Wildman–Crippen MR) is 129 cm³/mol. The Balaban J connectivity index is 1.44. The third-order valence-electron chi connectivity index (χ3n) is 4.92. The molecule has 0 unspecified atom stereocenters. The van der Waals surface area contributed by atoms with E-state index >= 15 is 0 Å². The summed E-state index contributed by atoms with van der Waals surface area (Å²) in [6.45, 7) is 1.91. The van der Waals surface area contributed by atoms with Crippen LogP contribution in [-0.2, 0) is 26.9 Å². The number of aromatic nitrogens is 1. The maximum atomic E-state index is 12.8. The van der Waals surface area contributed by atoms with Crippen LogP contribution in [0.2, 0.25) is 0 Å². The highest BCUT2D eigenvalue weighted by Crippen LogP contribution is 2.26. The van der Waals surface area contributed by atoms with E-state index in [2.05, 4.69) is 15.6 Å². The normalized spacial score (nSPS) is 11.2. The van der Waals surface area contributed by atoms with Gasteiger partial charge in [0.05, 0.1) is 22.6 Å². The van der Waals surface area contributed by atoms with Gasteiger partial charge >= 0.3 is 0 Å². The number of thiazole rings is 1. The number of sulfone groups is 1. The molecule has 2 N–H and O–H groups in total. The second-order valence-corrected chi connectivity index (χ2v) is 10.3. The largest absolute Gasteiger partial charge is 0.459 e. The molecule has 4 aromatic rings. The second-order valence-electron chi connectivity index (χ2n) is 7.45. The van der Waals surface area contributed by atoms with Crippen molar-refractivity contribution in [3.63, 3.8) is 0 Å². The van der Waals surface area contributed by atoms with Crippen molar-refractivity contribution in [1.29, 1.82) is 0 Å². The first kappa shape index (κ1) is 23.4. The number of hydrogen-bond donors (Lipinski definition) is 2. The molecule has 34 heavy (non-hydrogen) atoms. The van der Waals surface area contributed by atoms with Gasteiger partial charge in [-0.25, -0.2) is 13.4 Å². The Kier molecular flexibility index (Phi) is 6.90. The van der Waals surface area contributed by atoms with E-state index in [0.29, 0.717) is 17.4 Å². The number of nitrogens with one attached hydrogen (secondary N) is 2. The van der Waals surface area contributed by atoms with Gasteiger partial charge in [-0.05, 0) is 23.8 Å². The molecule has 0 saturated heterocycles. The molecule has 0 aliphatic carbocycles. The number of hydrogen-bond acceptors (Lipinski definition) is 7. The van der Waals surface area contributed by atoms with Crippen LogP contribution in [0.5, 0.6) is 0 Å². The average Bonchev–Trinajstić information content (AvgIpc) is 3.48. The zero-order valence-corrected chi connectivity index (χ0v) is 19.8. The lowest BCUT2D eigenvalue weighted by Gasteiger charge is -2.05. The third kappa shape index (κ3) is 5.59. The van der Waals surface area contributed by atoms with Gasteiger partial charge in [-0.2, -0.15) is 0 Å². The van der Waals surface area contributed by atoms with Gasteiger partial charge in [0, 0.05) is 30.0 Å². The zero-order valence-electron chi connectivity index (χ0n) is 18.1. The molecule has 4 rings (SSSR count). The topological polar surface area (TPSA) is 118 Å². The fourth-order valence-corrected chi connectivity index (χ4v) is 5.29. The van der Waals surface area contributed by atoms with Crippen molar-refractivity contribution in [3.05, 3.63) is 89.2 Å². The number of carbonyl (C=O) groups is 2. The highest BCUT2D eigenvalue weighted by Gasteiger charge is 2.23. The summed E-state index contributed by atoms with van der Waals surface area (Å²) in [7, 11) is -3.63. The van der Waals surface area contributed by atoms with Gasteiger partial charge < -0.3 is 9.73 Å². The van der Waals surface area contributed by atoms with Crippen molar-refractivity contribution in [2.45, 2.75) is 24.1 Å². The van der Waals surface area contributed by atoms with Gasteiger partial charge in [0.2, 0.25) is 5.91 Å². The van der Waals surface area contributed by atoms with E-state index in [4.69, 9.17) is 4.42 Å². The number of rotatable bonds is 8. The highest BCUT2D eigenvalue weighted by atomic mass is 32.2. The molecule has 174 valence electrons. The minimum atomic E-state index is -3.63. The molecule has 8 nitrogen and oxygen atoms in total. The molecule has 0 spiro atoms. The maximum Gasteiger partial charge on any atom is 0.293 e. The third-order valence-corrected chi connectivity index (χ3v) is 7.36. The van der Waals surface area contributed by atoms with E-state index in [0.717, 1.165) is 11.1 Å². The SMILES string of the molecule is CC(=O)NCc1ccc(-c2csc(NC(=O)c3occc3CS(=O)(=O)c3ccccc3)n2)cc1. The van der Waals surface area contributed by atoms with Gasteiger partial charge in [-0.3, -0.25) is 14.9 Å². The Morgan fingerprint density at radius 2 is 1.76 bits per heavy atom. The van der Waals surface area contributed by atoms with Crippen LogP contribution in [0.25, 0.3) is 11.3 Å². The van der Waals surface area contributed by atoms with Crippen LogP contribution in [0.3, 0.4) is 0 Å². The molecule has 2 heterocycles. The van der Waals surface area contributed by atoms with Crippen molar-refractivity contribution in [3.8, 4) is 11.3 Å². The van der Waals surface area contributed by atoms with Crippen molar-refractivity contribution < 1.29 is 22.4 Å². The van der Waals surface area contributed by atoms with Crippen LogP contribution in [0, 0.1) is 0 Å². The molecule has 2 amide bonds. The van der Waals surface area contributed by atoms with Crippen molar-refractivity contribution in [1.82, 2.24) is 10.3 Å². The summed E-state index contributed by atoms with van der Waals surface area (Å²) in [5.41, 5.74) is 2.76. The van der Waals surface area contributed by atoms with E-state index in [1.165, 1.54) is 42.7 Å². The van der Waals surface area contributed by atoms with Crippen LogP contribution < -0.4 is 10.6 Å². The Bertz CT molecular complexity index is 1410. The van der Waals surface area contributed by atoms with Gasteiger partial charge in [-0.15, -0.1) is 11.3 Å². The van der Waals surface area contributed by atoms with Crippen LogP contribution in [0.1, 0.15) is 28.6 Å². The quantitative estimate of drug-likeness (QED) is 0.377. The van der Waals surface area contributed by atoms with Crippen molar-refractivity contribution in [2.75, 3.05) is 5.32 Å². The first-order chi connectivity index (χ1) is 16.3. The summed E-state index contributed by atoms with van der Waals surface area (Å²) in [5.74, 6) is -1.10. The lowest BCUT2D eigenvalue weighted by atomic mass is 10.1. The zero-order chi connectivity index (χ0) is 24.1. The van der Waals surface area contributed by atoms with Crippen LogP contribution in [-0.4, -0.2) is 25.2 Å². The minimum Gasteiger partial charge on any atom is -0.459 e. The smallest absolute Gasteiger partial charge is 0.293 e. The summed E-state index contributed by atoms with van der Waals surface area (Å²) < 4.78 is 30.7. The standard InChI is InChI=1S/C24H21N3O5S2/c1-16(28)25-13-17-7-9-18(10-8-17)21-14-33-24(26-21)27-23(29)22-19(11-12-32-22)15-34(30,31)20-5-3-2-4-6-20/h2-12,14H,13,15H2,1H3,(H,25,28)(H,26,27,29). The molecular formula is C24H21N3O5S2. The molecule has 2 aromatic heterocycles. The Hall–Kier alpha value is -3.76. The number of anilines is 1. The highest BCUT2D eigenvalue weighted by molar-refractivity contribution is 7.90. The fraction of sp³-hybridized carbons (Fsp3) is 0.125. The second kappa shape index (κ2) is 10.0. The molecule has 0 aliphatic rings. The van der Waals surface area contributed by atoms with E-state index < -0.39 is 15.7 Å². The Morgan fingerprint density at radius 1 is 1.03 bits per heavy atom. The number of nitrogens with zero attached hydrogens (tertiary/aromatic N) is 1. The molecule has 0 aliphatic heterocycles. The number of furan rings is 1. The number of amides is 2. The Morgan fingerprint density at radius 3 is 2.47 bits per heavy atom. The van der Waals surface area contributed by atoms with Gasteiger partial charge in [0.15, 0.2) is 20.7 Å². The van der Waals surface area contributed by atoms with E-state index in [-0.39, 0.29) is 27.9 Å². The van der Waals surface area contributed by atoms with Crippen LogP contribution >= 0.6 is 11.3 Å². The van der Waals surface area contributed by atoms with Crippen LogP contribution in [0.4, 0.5) is 5.13 Å². The minimum absolute atomic E-state index is 0.0708. The Labute approximate surface area is 200 Å². The molecule has 0 saturated carbocycles. The van der Waals surface area contributed by atoms with Crippen molar-refractivity contribution in [2.24, 2.45) is 0 Å². The molecule has 10 heteroatoms. The summed E-state index contributed by atoms with van der Waals surface area (Å²) >= 11 is 1.24. The first-order valence-corrected chi connectivity index (χ1v) is 12.8. The maximum absolute atomic E-state index is 12.8. The van der Waals surface area contributed by atoms with Gasteiger partial charge in [0.25, 0.3) is 5.91 Å². The van der Waals surface area contributed by atoms with Crippen LogP contribution in [0.15, 0.2) is 81.6 Å². The van der Waals surface area contributed by atoms with E-state index in [1.54, 1.807) is 23.6 Å². The molecule has 0 radical (unpaired) electrons. The molecule has 0 bridgehead atoms. The molecule has 0 fully saturated rings.